The summed E-state index contributed by atoms with van der Waals surface area (Å²) in [7, 11) is 0. The van der Waals surface area contributed by atoms with Crippen molar-refractivity contribution >= 4 is 17.1 Å². The normalized spacial score (nSPS) is 19.7. The Kier molecular flexibility index (Phi) is 3.06. The van der Waals surface area contributed by atoms with Crippen LogP contribution in [-0.2, 0) is 6.42 Å². The van der Waals surface area contributed by atoms with E-state index in [0.29, 0.717) is 18.3 Å². The summed E-state index contributed by atoms with van der Waals surface area (Å²) in [6.45, 7) is 3.66. The summed E-state index contributed by atoms with van der Waals surface area (Å²) in [6.07, 6.45) is 2.86. The summed E-state index contributed by atoms with van der Waals surface area (Å²) in [5.74, 6) is 0.172. The molecular weight excluding hydrogens is 244 g/mol. The number of aromatic nitrogens is 1. The second-order valence-electron chi connectivity index (χ2n) is 4.70. The molecule has 3 nitrogen and oxygen atoms in total. The number of nitrogens with zero attached hydrogens (tertiary/aromatic N) is 1. The Morgan fingerprint density at radius 3 is 3.22 bits per heavy atom. The summed E-state index contributed by atoms with van der Waals surface area (Å²) in [5.41, 5.74) is 2.10. The number of hydrogen-bond donors (Lipinski definition) is 1. The highest BCUT2D eigenvalue weighted by Crippen LogP contribution is 2.32. The van der Waals surface area contributed by atoms with Gasteiger partial charge in [-0.2, -0.15) is 0 Å². The molecule has 0 radical (unpaired) electrons. The van der Waals surface area contributed by atoms with E-state index in [1.54, 1.807) is 6.20 Å². The number of Topliss-reactive ketones (excluding diaryl/α,β-unsaturated/α-hetero) is 1. The van der Waals surface area contributed by atoms with Gasteiger partial charge in [-0.25, -0.2) is 0 Å². The fraction of sp³-hybridized carbons (Fsp3) is 0.357. The average molecular weight is 260 g/mol. The summed E-state index contributed by atoms with van der Waals surface area (Å²) in [5, 5.41) is 2.15. The first-order valence-electron chi connectivity index (χ1n) is 6.22. The van der Waals surface area contributed by atoms with Crippen molar-refractivity contribution in [2.24, 2.45) is 0 Å². The molecular formula is C14H16N2OS. The van der Waals surface area contributed by atoms with Gasteiger partial charge in [0.15, 0.2) is 5.78 Å². The Morgan fingerprint density at radius 2 is 2.44 bits per heavy atom. The number of fused-ring (bicyclic) bond motifs is 1. The fourth-order valence-corrected chi connectivity index (χ4v) is 3.51. The predicted molar refractivity (Wildman–Crippen MR) is 73.1 cm³/mol. The molecule has 1 aliphatic rings. The molecule has 0 aromatic carbocycles. The Labute approximate surface area is 110 Å². The molecule has 0 fully saturated rings. The van der Waals surface area contributed by atoms with Crippen molar-refractivity contribution in [3.63, 3.8) is 0 Å². The zero-order chi connectivity index (χ0) is 12.5. The number of H-pyrrole nitrogens is 1. The molecule has 3 rings (SSSR count). The van der Waals surface area contributed by atoms with E-state index in [1.807, 2.05) is 23.5 Å². The first-order valence-corrected chi connectivity index (χ1v) is 7.10. The zero-order valence-electron chi connectivity index (χ0n) is 10.3. The first kappa shape index (κ1) is 11.7. The third-order valence-corrected chi connectivity index (χ3v) is 4.65. The Morgan fingerprint density at radius 1 is 1.56 bits per heavy atom. The van der Waals surface area contributed by atoms with Gasteiger partial charge in [0, 0.05) is 23.7 Å². The lowest BCUT2D eigenvalue weighted by Gasteiger charge is -2.32. The average Bonchev–Trinajstić information content (AvgIpc) is 3.02. The first-order chi connectivity index (χ1) is 8.75. The SMILES string of the molecule is CC1c2ccsc2CCN1CC(=O)c1ccc[nH]1. The van der Waals surface area contributed by atoms with Gasteiger partial charge < -0.3 is 4.98 Å². The van der Waals surface area contributed by atoms with Crippen molar-refractivity contribution in [3.05, 3.63) is 45.9 Å². The minimum atomic E-state index is 0.172. The maximum absolute atomic E-state index is 12.1. The smallest absolute Gasteiger partial charge is 0.192 e. The third-order valence-electron chi connectivity index (χ3n) is 3.65. The maximum atomic E-state index is 12.1. The van der Waals surface area contributed by atoms with E-state index in [1.165, 1.54) is 10.4 Å². The number of ketones is 1. The van der Waals surface area contributed by atoms with Crippen LogP contribution in [0.25, 0.3) is 0 Å². The molecule has 0 saturated heterocycles. The minimum absolute atomic E-state index is 0.172. The lowest BCUT2D eigenvalue weighted by Crippen LogP contribution is -2.37. The van der Waals surface area contributed by atoms with Crippen LogP contribution in [0, 0.1) is 0 Å². The van der Waals surface area contributed by atoms with E-state index in [9.17, 15) is 4.79 Å². The van der Waals surface area contributed by atoms with Gasteiger partial charge in [0.2, 0.25) is 0 Å². The van der Waals surface area contributed by atoms with Gasteiger partial charge in [-0.05, 0) is 42.5 Å². The van der Waals surface area contributed by atoms with Crippen LogP contribution >= 0.6 is 11.3 Å². The summed E-state index contributed by atoms with van der Waals surface area (Å²) >= 11 is 1.83. The highest BCUT2D eigenvalue weighted by molar-refractivity contribution is 7.10. The van der Waals surface area contributed by atoms with Crippen LogP contribution < -0.4 is 0 Å². The molecule has 3 heterocycles. The topological polar surface area (TPSA) is 36.1 Å². The second kappa shape index (κ2) is 4.71. The van der Waals surface area contributed by atoms with E-state index in [-0.39, 0.29) is 5.78 Å². The number of rotatable bonds is 3. The molecule has 1 atom stereocenters. The molecule has 0 saturated carbocycles. The van der Waals surface area contributed by atoms with Crippen LogP contribution in [0.1, 0.15) is 33.9 Å². The van der Waals surface area contributed by atoms with Crippen molar-refractivity contribution in [1.82, 2.24) is 9.88 Å². The predicted octanol–water partition coefficient (Wildman–Crippen LogP) is 2.88. The Hall–Kier alpha value is -1.39. The van der Waals surface area contributed by atoms with Crippen LogP contribution in [0.2, 0.25) is 0 Å². The van der Waals surface area contributed by atoms with Gasteiger partial charge in [-0.15, -0.1) is 11.3 Å². The molecule has 2 aromatic rings. The largest absolute Gasteiger partial charge is 0.359 e. The summed E-state index contributed by atoms with van der Waals surface area (Å²) < 4.78 is 0. The molecule has 1 unspecified atom stereocenters. The minimum Gasteiger partial charge on any atom is -0.359 e. The molecule has 4 heteroatoms. The van der Waals surface area contributed by atoms with Gasteiger partial charge in [0.25, 0.3) is 0 Å². The van der Waals surface area contributed by atoms with Crippen molar-refractivity contribution in [2.45, 2.75) is 19.4 Å². The number of carbonyl (C=O) groups is 1. The van der Waals surface area contributed by atoms with E-state index in [0.717, 1.165) is 13.0 Å². The Bertz CT molecular complexity index is 544. The zero-order valence-corrected chi connectivity index (χ0v) is 11.2. The van der Waals surface area contributed by atoms with E-state index < -0.39 is 0 Å². The van der Waals surface area contributed by atoms with Crippen LogP contribution in [0.4, 0.5) is 0 Å². The number of hydrogen-bond acceptors (Lipinski definition) is 3. The summed E-state index contributed by atoms with van der Waals surface area (Å²) in [6, 6.07) is 6.24. The van der Waals surface area contributed by atoms with Gasteiger partial charge in [-0.3, -0.25) is 9.69 Å². The third kappa shape index (κ3) is 2.02. The number of nitrogens with one attached hydrogen (secondary N) is 1. The molecule has 1 N–H and O–H groups in total. The maximum Gasteiger partial charge on any atom is 0.192 e. The van der Waals surface area contributed by atoms with Gasteiger partial charge >= 0.3 is 0 Å². The molecule has 1 aliphatic heterocycles. The lowest BCUT2D eigenvalue weighted by atomic mass is 10.0. The van der Waals surface area contributed by atoms with Crippen molar-refractivity contribution in [2.75, 3.05) is 13.1 Å². The van der Waals surface area contributed by atoms with Gasteiger partial charge in [-0.1, -0.05) is 0 Å². The number of carbonyl (C=O) groups excluding carboxylic acids is 1. The van der Waals surface area contributed by atoms with Crippen LogP contribution in [0.15, 0.2) is 29.8 Å². The molecule has 2 aromatic heterocycles. The van der Waals surface area contributed by atoms with Crippen molar-refractivity contribution < 1.29 is 4.79 Å². The fourth-order valence-electron chi connectivity index (χ4n) is 2.55. The lowest BCUT2D eigenvalue weighted by molar-refractivity contribution is 0.0887. The van der Waals surface area contributed by atoms with Crippen molar-refractivity contribution in [3.8, 4) is 0 Å². The van der Waals surface area contributed by atoms with Gasteiger partial charge in [0.1, 0.15) is 0 Å². The highest BCUT2D eigenvalue weighted by Gasteiger charge is 2.26. The monoisotopic (exact) mass is 260 g/mol. The van der Waals surface area contributed by atoms with Crippen LogP contribution in [0.5, 0.6) is 0 Å². The van der Waals surface area contributed by atoms with Gasteiger partial charge in [0.05, 0.1) is 12.2 Å². The molecule has 18 heavy (non-hydrogen) atoms. The van der Waals surface area contributed by atoms with E-state index in [4.69, 9.17) is 0 Å². The van der Waals surface area contributed by atoms with E-state index in [2.05, 4.69) is 28.3 Å². The van der Waals surface area contributed by atoms with Crippen molar-refractivity contribution in [1.29, 1.82) is 0 Å². The standard InChI is InChI=1S/C14H16N2OS/c1-10-11-5-8-18-14(11)4-7-16(10)9-13(17)12-3-2-6-15-12/h2-3,5-6,8,10,15H,4,7,9H2,1H3. The summed E-state index contributed by atoms with van der Waals surface area (Å²) in [4.78, 5) is 18.8. The molecule has 0 bridgehead atoms. The molecule has 0 spiro atoms. The molecule has 0 aliphatic carbocycles. The number of thiophene rings is 1. The van der Waals surface area contributed by atoms with E-state index >= 15 is 0 Å². The molecule has 94 valence electrons. The number of aromatic amines is 1. The highest BCUT2D eigenvalue weighted by atomic mass is 32.1. The van der Waals surface area contributed by atoms with Crippen LogP contribution in [0.3, 0.4) is 0 Å². The second-order valence-corrected chi connectivity index (χ2v) is 5.70. The molecule has 0 amide bonds. The quantitative estimate of drug-likeness (QED) is 0.861. The Balaban J connectivity index is 1.74. The van der Waals surface area contributed by atoms with Crippen LogP contribution in [-0.4, -0.2) is 28.8 Å².